The van der Waals surface area contributed by atoms with Crippen molar-refractivity contribution in [2.24, 2.45) is 23.2 Å². The molecule has 2 N–H and O–H groups in total. The minimum Gasteiger partial charge on any atom is -0.504 e. The average molecular weight is 535 g/mol. The van der Waals surface area contributed by atoms with E-state index in [1.54, 1.807) is 6.08 Å². The first-order valence-electron chi connectivity index (χ1n) is 14.6. The molecule has 0 bridgehead atoms. The number of hydrogen-bond donors (Lipinski definition) is 2. The van der Waals surface area contributed by atoms with Gasteiger partial charge in [0.15, 0.2) is 11.5 Å². The summed E-state index contributed by atoms with van der Waals surface area (Å²) in [5.41, 5.74) is 6.12. The number of aromatic hydroxyl groups is 1. The molecule has 0 radical (unpaired) electrons. The normalized spacial score (nSPS) is 27.3. The van der Waals surface area contributed by atoms with E-state index in [0.717, 1.165) is 23.1 Å². The van der Waals surface area contributed by atoms with Gasteiger partial charge in [0.05, 0.1) is 0 Å². The molecule has 3 unspecified atom stereocenters. The topological polar surface area (TPSA) is 66.8 Å². The maximum absolute atomic E-state index is 11.0. The average Bonchev–Trinajstić information content (AvgIpc) is 3.36. The Bertz CT molecular complexity index is 1420. The number of fused-ring (bicyclic) bond motifs is 5. The van der Waals surface area contributed by atoms with E-state index in [-0.39, 0.29) is 5.75 Å². The quantitative estimate of drug-likeness (QED) is 0.300. The van der Waals surface area contributed by atoms with E-state index in [2.05, 4.69) is 37.3 Å². The first-order chi connectivity index (χ1) is 19.4. The van der Waals surface area contributed by atoms with Crippen molar-refractivity contribution in [2.45, 2.75) is 58.0 Å². The van der Waals surface area contributed by atoms with Gasteiger partial charge in [-0.1, -0.05) is 80.1 Å². The molecule has 2 saturated carbocycles. The van der Waals surface area contributed by atoms with Gasteiger partial charge in [-0.3, -0.25) is 0 Å². The molecule has 0 heterocycles. The molecule has 5 atom stereocenters. The molecule has 3 aliphatic rings. The first kappa shape index (κ1) is 26.4. The molecule has 40 heavy (non-hydrogen) atoms. The second-order valence-electron chi connectivity index (χ2n) is 12.2. The number of carboxylic acid groups (broad SMARTS) is 1. The van der Waals surface area contributed by atoms with Gasteiger partial charge in [0, 0.05) is 6.08 Å². The van der Waals surface area contributed by atoms with E-state index in [4.69, 9.17) is 9.84 Å². The number of allylic oxidation sites excluding steroid dienone is 1. The third-order valence-corrected chi connectivity index (χ3v) is 9.81. The summed E-state index contributed by atoms with van der Waals surface area (Å²) < 4.78 is 6.11. The van der Waals surface area contributed by atoms with Gasteiger partial charge in [-0.05, 0) is 107 Å². The fourth-order valence-electron chi connectivity index (χ4n) is 7.85. The summed E-state index contributed by atoms with van der Waals surface area (Å²) in [5.74, 6) is 2.01. The predicted molar refractivity (Wildman–Crippen MR) is 159 cm³/mol. The van der Waals surface area contributed by atoms with Crippen LogP contribution in [-0.2, 0) is 17.8 Å². The second-order valence-corrected chi connectivity index (χ2v) is 12.2. The summed E-state index contributed by atoms with van der Waals surface area (Å²) >= 11 is 0. The molecule has 0 spiro atoms. The van der Waals surface area contributed by atoms with E-state index in [1.807, 2.05) is 48.5 Å². The monoisotopic (exact) mass is 534 g/mol. The van der Waals surface area contributed by atoms with Gasteiger partial charge in [0.25, 0.3) is 0 Å². The lowest BCUT2D eigenvalue weighted by Crippen LogP contribution is -2.43. The number of aliphatic carboxylic acids is 1. The molecule has 0 amide bonds. The Morgan fingerprint density at radius 1 is 1.00 bits per heavy atom. The van der Waals surface area contributed by atoms with E-state index in [1.165, 1.54) is 49.3 Å². The molecule has 0 saturated heterocycles. The number of hydrogen-bond acceptors (Lipinski definition) is 3. The molecule has 206 valence electrons. The number of phenolic OH excluding ortho intramolecular Hbond substituents is 1. The Morgan fingerprint density at radius 2 is 1.75 bits per heavy atom. The highest BCUT2D eigenvalue weighted by Gasteiger charge is 2.52. The SMILES string of the molecule is C[C@@]12CCCC1C1C(CC2)c2cc(O)c(OCc3ccccc3)cc2C[C@H]1C=Cc1ccc(C=CC(=O)O)cc1. The van der Waals surface area contributed by atoms with Crippen LogP contribution in [0.4, 0.5) is 0 Å². The first-order valence-corrected chi connectivity index (χ1v) is 14.6. The van der Waals surface area contributed by atoms with Gasteiger partial charge >= 0.3 is 5.97 Å². The van der Waals surface area contributed by atoms with Crippen molar-refractivity contribution < 1.29 is 19.7 Å². The van der Waals surface area contributed by atoms with Crippen LogP contribution in [0.3, 0.4) is 0 Å². The molecule has 0 aliphatic heterocycles. The van der Waals surface area contributed by atoms with Crippen molar-refractivity contribution in [1.29, 1.82) is 0 Å². The zero-order valence-electron chi connectivity index (χ0n) is 23.1. The number of ether oxygens (including phenoxy) is 1. The fraction of sp³-hybridized carbons (Fsp3) is 0.361. The summed E-state index contributed by atoms with van der Waals surface area (Å²) in [6, 6.07) is 22.2. The molecule has 4 heteroatoms. The van der Waals surface area contributed by atoms with E-state index < -0.39 is 5.97 Å². The van der Waals surface area contributed by atoms with Gasteiger partial charge in [-0.15, -0.1) is 0 Å². The molecule has 3 aromatic rings. The number of carboxylic acids is 1. The van der Waals surface area contributed by atoms with Crippen LogP contribution in [0.2, 0.25) is 0 Å². The zero-order valence-corrected chi connectivity index (χ0v) is 23.1. The van der Waals surface area contributed by atoms with Crippen molar-refractivity contribution in [2.75, 3.05) is 0 Å². The molecule has 2 fully saturated rings. The van der Waals surface area contributed by atoms with Crippen molar-refractivity contribution in [3.63, 3.8) is 0 Å². The van der Waals surface area contributed by atoms with Crippen molar-refractivity contribution >= 4 is 18.1 Å². The van der Waals surface area contributed by atoms with Crippen LogP contribution < -0.4 is 4.74 Å². The molecule has 3 aliphatic carbocycles. The van der Waals surface area contributed by atoms with E-state index in [0.29, 0.717) is 41.4 Å². The van der Waals surface area contributed by atoms with Gasteiger partial charge in [-0.2, -0.15) is 0 Å². The Balaban J connectivity index is 1.29. The van der Waals surface area contributed by atoms with Gasteiger partial charge < -0.3 is 14.9 Å². The molecule has 0 aromatic heterocycles. The molecule has 6 rings (SSSR count). The van der Waals surface area contributed by atoms with Crippen molar-refractivity contribution in [3.8, 4) is 11.5 Å². The largest absolute Gasteiger partial charge is 0.504 e. The Morgan fingerprint density at radius 3 is 2.50 bits per heavy atom. The highest BCUT2D eigenvalue weighted by atomic mass is 16.5. The van der Waals surface area contributed by atoms with Crippen LogP contribution in [0.5, 0.6) is 11.5 Å². The van der Waals surface area contributed by atoms with Gasteiger partial charge in [0.2, 0.25) is 0 Å². The van der Waals surface area contributed by atoms with Crippen molar-refractivity contribution in [3.05, 3.63) is 107 Å². The summed E-state index contributed by atoms with van der Waals surface area (Å²) in [7, 11) is 0. The minimum atomic E-state index is -0.940. The lowest BCUT2D eigenvalue weighted by molar-refractivity contribution is -0.131. The maximum atomic E-state index is 11.0. The Labute approximate surface area is 237 Å². The maximum Gasteiger partial charge on any atom is 0.328 e. The number of benzene rings is 3. The Kier molecular flexibility index (Phi) is 7.27. The highest BCUT2D eigenvalue weighted by Crippen LogP contribution is 2.62. The second kappa shape index (κ2) is 11.0. The Hall–Kier alpha value is -3.79. The third kappa shape index (κ3) is 5.32. The summed E-state index contributed by atoms with van der Waals surface area (Å²) in [5, 5.41) is 19.9. The van der Waals surface area contributed by atoms with Crippen LogP contribution in [-0.4, -0.2) is 16.2 Å². The summed E-state index contributed by atoms with van der Waals surface area (Å²) in [4.78, 5) is 10.8. The van der Waals surface area contributed by atoms with Gasteiger partial charge in [0.1, 0.15) is 6.61 Å². The molecule has 4 nitrogen and oxygen atoms in total. The van der Waals surface area contributed by atoms with E-state index >= 15 is 0 Å². The van der Waals surface area contributed by atoms with E-state index in [9.17, 15) is 9.90 Å². The molecule has 3 aromatic carbocycles. The summed E-state index contributed by atoms with van der Waals surface area (Å²) in [6.45, 7) is 2.94. The lowest BCUT2D eigenvalue weighted by atomic mass is 9.53. The number of carbonyl (C=O) groups is 1. The zero-order chi connectivity index (χ0) is 27.7. The summed E-state index contributed by atoms with van der Waals surface area (Å²) in [6.07, 6.45) is 14.8. The number of rotatable bonds is 7. The smallest absolute Gasteiger partial charge is 0.328 e. The van der Waals surface area contributed by atoms with Crippen LogP contribution in [0.25, 0.3) is 12.2 Å². The number of phenols is 1. The minimum absolute atomic E-state index is 0.249. The lowest BCUT2D eigenvalue weighted by Gasteiger charge is -2.52. The van der Waals surface area contributed by atoms with Crippen LogP contribution in [0.1, 0.15) is 72.8 Å². The van der Waals surface area contributed by atoms with Gasteiger partial charge in [-0.25, -0.2) is 4.79 Å². The molecular formula is C36H38O4. The van der Waals surface area contributed by atoms with Crippen molar-refractivity contribution in [1.82, 2.24) is 0 Å². The standard InChI is InChI=1S/C36H38O4/c1-36-18-5-8-31(36)35-27(15-13-24-9-11-25(12-10-24)14-16-34(38)39)20-28-21-33(40-23-26-6-3-2-4-7-26)32(37)22-30(28)29(35)17-19-36/h2-4,6-7,9-16,21-22,27,29,31,35,37H,5,8,17-20,23H2,1H3,(H,38,39)/t27-,29?,31?,35?,36+/m1/s1. The van der Waals surface area contributed by atoms with Crippen LogP contribution in [0.15, 0.2) is 78.9 Å². The fourth-order valence-corrected chi connectivity index (χ4v) is 7.85. The van der Waals surface area contributed by atoms with Crippen LogP contribution in [0, 0.1) is 23.2 Å². The predicted octanol–water partition coefficient (Wildman–Crippen LogP) is 8.25. The highest BCUT2D eigenvalue weighted by molar-refractivity contribution is 5.85. The third-order valence-electron chi connectivity index (χ3n) is 9.81. The molecular weight excluding hydrogens is 496 g/mol. The van der Waals surface area contributed by atoms with Crippen LogP contribution >= 0.6 is 0 Å².